The van der Waals surface area contributed by atoms with E-state index in [-0.39, 0.29) is 11.5 Å². The van der Waals surface area contributed by atoms with Crippen molar-refractivity contribution in [3.63, 3.8) is 0 Å². The van der Waals surface area contributed by atoms with E-state index in [1.165, 1.54) is 0 Å². The second kappa shape index (κ2) is 6.36. The molecule has 27 heavy (non-hydrogen) atoms. The van der Waals surface area contributed by atoms with Gasteiger partial charge < -0.3 is 13.6 Å². The smallest absolute Gasteiger partial charge is 0.343 e. The molecule has 0 fully saturated rings. The lowest BCUT2D eigenvalue weighted by Crippen LogP contribution is -2.48. The molecule has 3 aromatic rings. The largest absolute Gasteiger partial charge is 0.462 e. The van der Waals surface area contributed by atoms with Crippen molar-refractivity contribution in [2.45, 2.75) is 44.7 Å². The Balaban J connectivity index is 1.96. The van der Waals surface area contributed by atoms with Crippen molar-refractivity contribution in [1.29, 1.82) is 0 Å². The SMILES string of the molecule is C[C@@]1(O[Si](C)(C)C)C[C@H](c2ccccc2)c2c(c3ccccc3oc2=O)O1. The van der Waals surface area contributed by atoms with Crippen LogP contribution in [0.5, 0.6) is 5.75 Å². The number of hydrogen-bond acceptors (Lipinski definition) is 4. The van der Waals surface area contributed by atoms with E-state index in [9.17, 15) is 4.79 Å². The van der Waals surface area contributed by atoms with Gasteiger partial charge in [-0.3, -0.25) is 0 Å². The van der Waals surface area contributed by atoms with Gasteiger partial charge >= 0.3 is 5.63 Å². The van der Waals surface area contributed by atoms with Crippen LogP contribution < -0.4 is 10.4 Å². The van der Waals surface area contributed by atoms with Crippen molar-refractivity contribution in [1.82, 2.24) is 0 Å². The van der Waals surface area contributed by atoms with Gasteiger partial charge in [0.15, 0.2) is 14.1 Å². The summed E-state index contributed by atoms with van der Waals surface area (Å²) < 4.78 is 18.5. The lowest BCUT2D eigenvalue weighted by molar-refractivity contribution is -0.121. The Hall–Kier alpha value is -2.37. The maximum atomic E-state index is 12.9. The minimum absolute atomic E-state index is 0.142. The Bertz CT molecular complexity index is 1040. The Labute approximate surface area is 159 Å². The molecule has 2 heterocycles. The van der Waals surface area contributed by atoms with E-state index in [1.54, 1.807) is 6.07 Å². The Morgan fingerprint density at radius 1 is 1.04 bits per heavy atom. The third-order valence-electron chi connectivity index (χ3n) is 4.76. The molecule has 0 radical (unpaired) electrons. The second-order valence-corrected chi connectivity index (χ2v) is 12.7. The molecule has 0 saturated carbocycles. The van der Waals surface area contributed by atoms with Crippen LogP contribution in [0, 0.1) is 0 Å². The minimum Gasteiger partial charge on any atom is -0.462 e. The predicted molar refractivity (Wildman–Crippen MR) is 109 cm³/mol. The van der Waals surface area contributed by atoms with Crippen LogP contribution in [0.3, 0.4) is 0 Å². The Morgan fingerprint density at radius 2 is 1.70 bits per heavy atom. The fraction of sp³-hybridized carbons (Fsp3) is 0.318. The molecule has 5 heteroatoms. The molecule has 1 aliphatic rings. The zero-order chi connectivity index (χ0) is 19.2. The number of rotatable bonds is 3. The highest BCUT2D eigenvalue weighted by atomic mass is 28.4. The average molecular weight is 381 g/mol. The van der Waals surface area contributed by atoms with E-state index < -0.39 is 14.1 Å². The molecule has 2 atom stereocenters. The van der Waals surface area contributed by atoms with Crippen LogP contribution in [0.4, 0.5) is 0 Å². The zero-order valence-corrected chi connectivity index (χ0v) is 17.1. The van der Waals surface area contributed by atoms with E-state index in [4.69, 9.17) is 13.6 Å². The third kappa shape index (κ3) is 3.45. The van der Waals surface area contributed by atoms with Gasteiger partial charge in [-0.25, -0.2) is 4.79 Å². The van der Waals surface area contributed by atoms with Crippen LogP contribution >= 0.6 is 0 Å². The molecular formula is C22H24O4Si. The molecule has 0 saturated heterocycles. The third-order valence-corrected chi connectivity index (χ3v) is 5.81. The van der Waals surface area contributed by atoms with Gasteiger partial charge in [-0.15, -0.1) is 0 Å². The molecule has 2 aromatic carbocycles. The second-order valence-electron chi connectivity index (χ2n) is 8.25. The van der Waals surface area contributed by atoms with Crippen molar-refractivity contribution in [2.75, 3.05) is 0 Å². The summed E-state index contributed by atoms with van der Waals surface area (Å²) in [5, 5.41) is 0.804. The lowest BCUT2D eigenvalue weighted by atomic mass is 9.83. The average Bonchev–Trinajstić information content (AvgIpc) is 2.60. The van der Waals surface area contributed by atoms with Crippen LogP contribution in [0.1, 0.15) is 30.4 Å². The fourth-order valence-electron chi connectivity index (χ4n) is 3.96. The number of fused-ring (bicyclic) bond motifs is 3. The number of ether oxygens (including phenoxy) is 1. The number of hydrogen-bond donors (Lipinski definition) is 0. The molecule has 0 unspecified atom stereocenters. The van der Waals surface area contributed by atoms with Crippen LogP contribution in [-0.4, -0.2) is 14.1 Å². The maximum absolute atomic E-state index is 12.9. The number of para-hydroxylation sites is 1. The molecule has 0 aliphatic carbocycles. The van der Waals surface area contributed by atoms with Gasteiger partial charge in [0.1, 0.15) is 11.3 Å². The summed E-state index contributed by atoms with van der Waals surface area (Å²) in [6.07, 6.45) is 0.567. The van der Waals surface area contributed by atoms with Crippen molar-refractivity contribution >= 4 is 19.3 Å². The summed E-state index contributed by atoms with van der Waals surface area (Å²) in [6.45, 7) is 8.41. The fourth-order valence-corrected chi connectivity index (χ4v) is 5.38. The highest BCUT2D eigenvalue weighted by Gasteiger charge is 2.44. The van der Waals surface area contributed by atoms with E-state index in [2.05, 4.69) is 19.6 Å². The first-order valence-electron chi connectivity index (χ1n) is 9.26. The minimum atomic E-state index is -1.88. The molecule has 1 aliphatic heterocycles. The monoisotopic (exact) mass is 380 g/mol. The first kappa shape index (κ1) is 18.0. The topological polar surface area (TPSA) is 48.7 Å². The maximum Gasteiger partial charge on any atom is 0.343 e. The van der Waals surface area contributed by atoms with E-state index in [1.807, 2.05) is 55.5 Å². The molecule has 140 valence electrons. The first-order valence-corrected chi connectivity index (χ1v) is 12.7. The van der Waals surface area contributed by atoms with Gasteiger partial charge in [0.05, 0.1) is 10.9 Å². The van der Waals surface area contributed by atoms with Crippen LogP contribution in [0.2, 0.25) is 19.6 Å². The van der Waals surface area contributed by atoms with Crippen LogP contribution in [0.25, 0.3) is 11.0 Å². The van der Waals surface area contributed by atoms with Gasteiger partial charge in [0.25, 0.3) is 0 Å². The quantitative estimate of drug-likeness (QED) is 0.458. The van der Waals surface area contributed by atoms with Gasteiger partial charge in [0, 0.05) is 19.3 Å². The number of benzene rings is 2. The molecule has 4 rings (SSSR count). The van der Waals surface area contributed by atoms with Crippen LogP contribution in [0.15, 0.2) is 63.8 Å². The van der Waals surface area contributed by atoms with Crippen LogP contribution in [-0.2, 0) is 4.43 Å². The predicted octanol–water partition coefficient (Wildman–Crippen LogP) is 5.28. The van der Waals surface area contributed by atoms with Crippen molar-refractivity contribution in [3.8, 4) is 5.75 Å². The molecule has 0 amide bonds. The van der Waals surface area contributed by atoms with E-state index in [0.29, 0.717) is 23.3 Å². The summed E-state index contributed by atoms with van der Waals surface area (Å²) in [5.41, 5.74) is 1.84. The van der Waals surface area contributed by atoms with Gasteiger partial charge in [-0.2, -0.15) is 0 Å². The summed E-state index contributed by atoms with van der Waals surface area (Å²) in [6, 6.07) is 17.6. The summed E-state index contributed by atoms with van der Waals surface area (Å²) in [7, 11) is -1.88. The van der Waals surface area contributed by atoms with Gasteiger partial charge in [-0.1, -0.05) is 42.5 Å². The normalized spacial score (nSPS) is 22.3. The zero-order valence-electron chi connectivity index (χ0n) is 16.1. The highest BCUT2D eigenvalue weighted by molar-refractivity contribution is 6.69. The standard InChI is InChI=1S/C22H24O4Si/c1-22(26-27(2,3)4)14-17(15-10-6-5-7-11-15)19-20(25-22)16-12-8-9-13-18(16)24-21(19)23/h5-13,17H,14H2,1-4H3/t17-,22-/m1/s1. The summed E-state index contributed by atoms with van der Waals surface area (Å²) >= 11 is 0. The van der Waals surface area contributed by atoms with Gasteiger partial charge in [-0.05, 0) is 37.3 Å². The summed E-state index contributed by atoms with van der Waals surface area (Å²) in [5.74, 6) is -0.353. The Morgan fingerprint density at radius 3 is 2.41 bits per heavy atom. The van der Waals surface area contributed by atoms with Crippen molar-refractivity contribution in [3.05, 3.63) is 76.1 Å². The van der Waals surface area contributed by atoms with Gasteiger partial charge in [0.2, 0.25) is 0 Å². The first-order chi connectivity index (χ1) is 12.8. The van der Waals surface area contributed by atoms with E-state index >= 15 is 0 Å². The lowest BCUT2D eigenvalue weighted by Gasteiger charge is -2.42. The summed E-state index contributed by atoms with van der Waals surface area (Å²) in [4.78, 5) is 12.9. The molecule has 0 N–H and O–H groups in total. The van der Waals surface area contributed by atoms with Crippen molar-refractivity contribution < 1.29 is 13.6 Å². The molecular weight excluding hydrogens is 356 g/mol. The van der Waals surface area contributed by atoms with E-state index in [0.717, 1.165) is 10.9 Å². The molecule has 4 nitrogen and oxygen atoms in total. The van der Waals surface area contributed by atoms with Crippen molar-refractivity contribution in [2.24, 2.45) is 0 Å². The molecule has 1 aromatic heterocycles. The Kier molecular flexibility index (Phi) is 4.24. The molecule has 0 bridgehead atoms. The highest BCUT2D eigenvalue weighted by Crippen LogP contribution is 2.46. The molecule has 0 spiro atoms.